The van der Waals surface area contributed by atoms with Crippen molar-refractivity contribution in [3.8, 4) is 22.8 Å². The number of carbonyl (C=O) groups excluding carboxylic acids is 2. The number of hydrogen-bond donors (Lipinski definition) is 2. The van der Waals surface area contributed by atoms with Crippen LogP contribution < -0.4 is 20.3 Å². The van der Waals surface area contributed by atoms with Gasteiger partial charge in [0.2, 0.25) is 11.0 Å². The number of alkyl halides is 3. The van der Waals surface area contributed by atoms with Crippen molar-refractivity contribution in [2.45, 2.75) is 44.0 Å². The van der Waals surface area contributed by atoms with Crippen LogP contribution in [0.3, 0.4) is 0 Å². The molecule has 2 heterocycles. The van der Waals surface area contributed by atoms with E-state index in [1.54, 1.807) is 4.90 Å². The molecule has 3 amide bonds. The van der Waals surface area contributed by atoms with Gasteiger partial charge in [0.15, 0.2) is 11.0 Å². The normalized spacial score (nSPS) is 18.4. The van der Waals surface area contributed by atoms with E-state index < -0.39 is 12.4 Å². The smallest absolute Gasteiger partial charge is 0.406 e. The minimum atomic E-state index is -4.77. The van der Waals surface area contributed by atoms with E-state index in [0.29, 0.717) is 35.4 Å². The Kier molecular flexibility index (Phi) is 8.18. The fourth-order valence-electron chi connectivity index (χ4n) is 5.73. The minimum absolute atomic E-state index is 0.0319. The predicted octanol–water partition coefficient (Wildman–Crippen LogP) is 5.90. The number of thiocarbonyl (C=S) groups is 1. The molecule has 0 spiro atoms. The van der Waals surface area contributed by atoms with Crippen molar-refractivity contribution >= 4 is 51.9 Å². The zero-order valence-corrected chi connectivity index (χ0v) is 26.2. The monoisotopic (exact) mass is 677 g/mol. The van der Waals surface area contributed by atoms with E-state index in [9.17, 15) is 22.8 Å². The lowest BCUT2D eigenvalue weighted by atomic mass is 10.1. The van der Waals surface area contributed by atoms with E-state index in [4.69, 9.17) is 12.2 Å². The van der Waals surface area contributed by atoms with E-state index in [0.717, 1.165) is 40.8 Å². The van der Waals surface area contributed by atoms with Crippen LogP contribution in [0.15, 0.2) is 78.0 Å². The lowest BCUT2D eigenvalue weighted by molar-refractivity contribution is -0.274. The van der Waals surface area contributed by atoms with Gasteiger partial charge in [0, 0.05) is 11.6 Å². The topological polar surface area (TPSA) is 114 Å². The largest absolute Gasteiger partial charge is 0.573 e. The molecule has 1 atom stereocenters. The third kappa shape index (κ3) is 7.00. The molecular formula is C32H26F3N7O3S2. The molecule has 2 N–H and O–H groups in total. The zero-order chi connectivity index (χ0) is 32.7. The summed E-state index contributed by atoms with van der Waals surface area (Å²) in [5.41, 5.74) is 5.33. The Morgan fingerprint density at radius 2 is 1.81 bits per heavy atom. The molecule has 4 aromatic rings. The number of amides is 3. The van der Waals surface area contributed by atoms with Crippen LogP contribution in [0, 0.1) is 0 Å². The summed E-state index contributed by atoms with van der Waals surface area (Å²) in [5.74, 6) is 0.733. The number of fused-ring (bicyclic) bond motifs is 1. The Labute approximate surface area is 276 Å². The summed E-state index contributed by atoms with van der Waals surface area (Å²) in [6.07, 6.45) is 0.101. The molecular weight excluding hydrogens is 652 g/mol. The molecule has 3 aliphatic rings. The number of nitrogens with one attached hydrogen (secondary N) is 2. The van der Waals surface area contributed by atoms with E-state index in [2.05, 4.69) is 30.4 Å². The Balaban J connectivity index is 0.962. The van der Waals surface area contributed by atoms with Crippen molar-refractivity contribution in [3.63, 3.8) is 0 Å². The first-order valence-corrected chi connectivity index (χ1v) is 16.1. The number of rotatable bonds is 6. The maximum absolute atomic E-state index is 12.9. The highest BCUT2D eigenvalue weighted by molar-refractivity contribution is 8.15. The number of carbonyl (C=O) groups is 2. The number of nitrogens with zero attached hydrogens (tertiary/aromatic N) is 5. The molecule has 15 heteroatoms. The van der Waals surface area contributed by atoms with Gasteiger partial charge in [-0.3, -0.25) is 15.0 Å². The van der Waals surface area contributed by atoms with Crippen LogP contribution in [0.25, 0.3) is 17.1 Å². The third-order valence-corrected chi connectivity index (χ3v) is 9.05. The summed E-state index contributed by atoms with van der Waals surface area (Å²) in [5, 5.41) is 10.5. The third-order valence-electron chi connectivity index (χ3n) is 7.94. The molecule has 1 unspecified atom stereocenters. The lowest BCUT2D eigenvalue weighted by Gasteiger charge is -2.20. The van der Waals surface area contributed by atoms with Gasteiger partial charge in [-0.15, -0.1) is 18.3 Å². The number of aliphatic imine (C=N–C) groups is 1. The molecule has 1 aliphatic heterocycles. The Bertz CT molecular complexity index is 1910. The first-order valence-electron chi connectivity index (χ1n) is 14.7. The Hall–Kier alpha value is -4.76. The van der Waals surface area contributed by atoms with Crippen molar-refractivity contribution in [3.05, 3.63) is 89.7 Å². The molecule has 2 aliphatic carbocycles. The number of halogens is 3. The molecule has 1 saturated carbocycles. The molecule has 10 nitrogen and oxygen atoms in total. The van der Waals surface area contributed by atoms with Crippen molar-refractivity contribution in [1.82, 2.24) is 25.4 Å². The van der Waals surface area contributed by atoms with Gasteiger partial charge in [-0.05, 0) is 96.9 Å². The van der Waals surface area contributed by atoms with Crippen LogP contribution in [-0.2, 0) is 17.6 Å². The molecule has 2 fully saturated rings. The number of hydrogen-bond acceptors (Lipinski definition) is 7. The molecule has 47 heavy (non-hydrogen) atoms. The highest BCUT2D eigenvalue weighted by Crippen LogP contribution is 2.45. The fraction of sp³-hybridized carbons (Fsp3) is 0.250. The minimum Gasteiger partial charge on any atom is -0.406 e. The highest BCUT2D eigenvalue weighted by Gasteiger charge is 2.35. The molecule has 7 rings (SSSR count). The second kappa shape index (κ2) is 12.4. The number of benzene rings is 3. The number of urea groups is 1. The van der Waals surface area contributed by atoms with Crippen LogP contribution in [0.1, 0.15) is 35.4 Å². The second-order valence-corrected chi connectivity index (χ2v) is 12.6. The van der Waals surface area contributed by atoms with Gasteiger partial charge >= 0.3 is 12.4 Å². The fourth-order valence-corrected chi connectivity index (χ4v) is 6.83. The summed E-state index contributed by atoms with van der Waals surface area (Å²) in [4.78, 5) is 36.0. The average molecular weight is 678 g/mol. The van der Waals surface area contributed by atoms with E-state index in [-0.39, 0.29) is 28.6 Å². The SMILES string of the molecule is O=C(NC(=S)N=C1SCC(=O)N1c1ccccc1C1CC1)NC1Cc2ccc(-c3ncn(-c4ccc(OC(F)(F)F)cc4)n3)cc2C1. The molecule has 0 radical (unpaired) electrons. The number of thioether (sulfide) groups is 1. The second-order valence-electron chi connectivity index (χ2n) is 11.3. The van der Waals surface area contributed by atoms with Crippen LogP contribution in [0.5, 0.6) is 5.75 Å². The number of anilines is 1. The van der Waals surface area contributed by atoms with Gasteiger partial charge in [-0.2, -0.15) is 4.99 Å². The maximum atomic E-state index is 12.9. The quantitative estimate of drug-likeness (QED) is 0.245. The van der Waals surface area contributed by atoms with E-state index in [1.807, 2.05) is 42.5 Å². The zero-order valence-electron chi connectivity index (χ0n) is 24.5. The summed E-state index contributed by atoms with van der Waals surface area (Å²) >= 11 is 6.66. The van der Waals surface area contributed by atoms with Gasteiger partial charge in [-0.1, -0.05) is 42.1 Å². The highest BCUT2D eigenvalue weighted by atomic mass is 32.2. The van der Waals surface area contributed by atoms with E-state index in [1.165, 1.54) is 47.0 Å². The average Bonchev–Trinajstić information content (AvgIpc) is 3.43. The van der Waals surface area contributed by atoms with Crippen molar-refractivity contribution in [2.24, 2.45) is 4.99 Å². The molecule has 0 bridgehead atoms. The Morgan fingerprint density at radius 1 is 1.04 bits per heavy atom. The molecule has 1 aromatic heterocycles. The Morgan fingerprint density at radius 3 is 2.57 bits per heavy atom. The maximum Gasteiger partial charge on any atom is 0.573 e. The molecule has 240 valence electrons. The standard InChI is InChI=1S/C32H26F3N7O3S2/c33-32(34,35)45-24-11-9-23(10-12-24)41-17-36-28(40-41)20-8-7-19-14-22(15-21(19)13-20)37-29(44)38-30(46)39-31-42(27(43)16-47-31)26-4-2-1-3-25(26)18-5-6-18/h1-4,7-13,17-18,22H,5-6,14-16H2,(H2,37,38,44,46). The summed E-state index contributed by atoms with van der Waals surface area (Å²) in [6, 6.07) is 18.3. The predicted molar refractivity (Wildman–Crippen MR) is 175 cm³/mol. The number of amidine groups is 1. The van der Waals surface area contributed by atoms with Gasteiger partial charge < -0.3 is 10.1 Å². The van der Waals surface area contributed by atoms with Crippen LogP contribution in [0.4, 0.5) is 23.7 Å². The summed E-state index contributed by atoms with van der Waals surface area (Å²) in [6.45, 7) is 0. The molecule has 3 aromatic carbocycles. The number of ether oxygens (including phenoxy) is 1. The first-order chi connectivity index (χ1) is 22.6. The van der Waals surface area contributed by atoms with Gasteiger partial charge in [0.1, 0.15) is 12.1 Å². The number of para-hydroxylation sites is 1. The van der Waals surface area contributed by atoms with Crippen LogP contribution in [-0.4, -0.2) is 55.1 Å². The van der Waals surface area contributed by atoms with E-state index >= 15 is 0 Å². The van der Waals surface area contributed by atoms with Gasteiger partial charge in [-0.25, -0.2) is 14.5 Å². The van der Waals surface area contributed by atoms with Crippen LogP contribution >= 0.6 is 24.0 Å². The van der Waals surface area contributed by atoms with Crippen LogP contribution in [0.2, 0.25) is 0 Å². The number of aromatic nitrogens is 3. The van der Waals surface area contributed by atoms with Crippen molar-refractivity contribution in [2.75, 3.05) is 10.7 Å². The van der Waals surface area contributed by atoms with Gasteiger partial charge in [0.25, 0.3) is 0 Å². The lowest BCUT2D eigenvalue weighted by Crippen LogP contribution is -2.44. The first kappa shape index (κ1) is 30.9. The summed E-state index contributed by atoms with van der Waals surface area (Å²) in [7, 11) is 0. The van der Waals surface area contributed by atoms with Crippen molar-refractivity contribution < 1.29 is 27.5 Å². The van der Waals surface area contributed by atoms with Crippen molar-refractivity contribution in [1.29, 1.82) is 0 Å². The summed E-state index contributed by atoms with van der Waals surface area (Å²) < 4.78 is 42.8. The molecule has 1 saturated heterocycles. The van der Waals surface area contributed by atoms with Gasteiger partial charge in [0.05, 0.1) is 17.1 Å².